The van der Waals surface area contributed by atoms with Crippen molar-refractivity contribution in [1.29, 1.82) is 0 Å². The molecule has 4 nitrogen and oxygen atoms in total. The lowest BCUT2D eigenvalue weighted by Gasteiger charge is -2.06. The van der Waals surface area contributed by atoms with Crippen LogP contribution in [0.4, 0.5) is 5.69 Å². The summed E-state index contributed by atoms with van der Waals surface area (Å²) in [5.74, 6) is -0.307. The lowest BCUT2D eigenvalue weighted by Crippen LogP contribution is -2.11. The number of benzene rings is 1. The Labute approximate surface area is 116 Å². The Hall–Kier alpha value is -1.78. The highest BCUT2D eigenvalue weighted by atomic mass is 35.5. The first-order valence-corrected chi connectivity index (χ1v) is 6.32. The van der Waals surface area contributed by atoms with E-state index in [2.05, 4.69) is 5.32 Å². The number of hydrogen-bond donors (Lipinski definition) is 2. The van der Waals surface area contributed by atoms with Crippen molar-refractivity contribution in [3.05, 3.63) is 52.9 Å². The standard InChI is InChI=1S/C14H14ClNO3/c15-13-12(6-8-19-13)14(18)16-11-5-1-3-10(9-11)4-2-7-17/h1,3,5-6,8-9,17H,2,4,7H2,(H,16,18). The maximum atomic E-state index is 11.9. The van der Waals surface area contributed by atoms with Crippen molar-refractivity contribution in [3.63, 3.8) is 0 Å². The molecule has 0 aliphatic carbocycles. The summed E-state index contributed by atoms with van der Waals surface area (Å²) in [6.45, 7) is 0.154. The molecule has 0 atom stereocenters. The molecule has 1 aromatic carbocycles. The summed E-state index contributed by atoms with van der Waals surface area (Å²) in [4.78, 5) is 11.9. The number of carbonyl (C=O) groups excluding carboxylic acids is 1. The van der Waals surface area contributed by atoms with Crippen molar-refractivity contribution < 1.29 is 14.3 Å². The second-order valence-electron chi connectivity index (χ2n) is 4.09. The lowest BCUT2D eigenvalue weighted by molar-refractivity contribution is 0.102. The molecule has 5 heteroatoms. The van der Waals surface area contributed by atoms with E-state index in [1.807, 2.05) is 18.2 Å². The number of aryl methyl sites for hydroxylation is 1. The summed E-state index contributed by atoms with van der Waals surface area (Å²) in [7, 11) is 0. The molecule has 1 aromatic heterocycles. The van der Waals surface area contributed by atoms with Crippen LogP contribution in [0.1, 0.15) is 22.3 Å². The second-order valence-corrected chi connectivity index (χ2v) is 4.43. The van der Waals surface area contributed by atoms with Crippen LogP contribution < -0.4 is 5.32 Å². The van der Waals surface area contributed by atoms with Crippen LogP contribution in [0, 0.1) is 0 Å². The van der Waals surface area contributed by atoms with E-state index in [1.54, 1.807) is 6.07 Å². The number of rotatable bonds is 5. The lowest BCUT2D eigenvalue weighted by atomic mass is 10.1. The number of aliphatic hydroxyl groups is 1. The van der Waals surface area contributed by atoms with Crippen LogP contribution in [-0.4, -0.2) is 17.6 Å². The summed E-state index contributed by atoms with van der Waals surface area (Å²) in [5.41, 5.74) is 2.06. The minimum absolute atomic E-state index is 0.0777. The Balaban J connectivity index is 2.07. The molecule has 0 bridgehead atoms. The van der Waals surface area contributed by atoms with E-state index < -0.39 is 0 Å². The van der Waals surface area contributed by atoms with E-state index >= 15 is 0 Å². The zero-order chi connectivity index (χ0) is 13.7. The minimum atomic E-state index is -0.307. The average Bonchev–Trinajstić information content (AvgIpc) is 2.83. The normalized spacial score (nSPS) is 10.4. The largest absolute Gasteiger partial charge is 0.452 e. The molecule has 0 aliphatic heterocycles. The summed E-state index contributed by atoms with van der Waals surface area (Å²) in [6, 6.07) is 9.01. The molecule has 0 fully saturated rings. The SMILES string of the molecule is O=C(Nc1cccc(CCCO)c1)c1ccoc1Cl. The zero-order valence-corrected chi connectivity index (χ0v) is 11.0. The summed E-state index contributed by atoms with van der Waals surface area (Å²) >= 11 is 5.75. The molecule has 1 amide bonds. The monoisotopic (exact) mass is 279 g/mol. The van der Waals surface area contributed by atoms with Crippen LogP contribution in [0.25, 0.3) is 0 Å². The van der Waals surface area contributed by atoms with Crippen LogP contribution in [0.5, 0.6) is 0 Å². The number of hydrogen-bond acceptors (Lipinski definition) is 3. The van der Waals surface area contributed by atoms with Gasteiger partial charge in [0.05, 0.1) is 11.8 Å². The molecule has 0 saturated carbocycles. The van der Waals surface area contributed by atoms with Crippen LogP contribution in [0.3, 0.4) is 0 Å². The fraction of sp³-hybridized carbons (Fsp3) is 0.214. The van der Waals surface area contributed by atoms with Crippen molar-refractivity contribution in [2.75, 3.05) is 11.9 Å². The van der Waals surface area contributed by atoms with Gasteiger partial charge in [0, 0.05) is 12.3 Å². The summed E-state index contributed by atoms with van der Waals surface area (Å²) in [6.07, 6.45) is 2.84. The Morgan fingerprint density at radius 3 is 2.89 bits per heavy atom. The zero-order valence-electron chi connectivity index (χ0n) is 10.2. The fourth-order valence-corrected chi connectivity index (χ4v) is 1.94. The molecule has 2 aromatic rings. The third-order valence-electron chi connectivity index (χ3n) is 2.67. The molecule has 0 radical (unpaired) electrons. The van der Waals surface area contributed by atoms with Gasteiger partial charge in [0.1, 0.15) is 0 Å². The number of amides is 1. The molecule has 0 spiro atoms. The highest BCUT2D eigenvalue weighted by Gasteiger charge is 2.13. The number of carbonyl (C=O) groups is 1. The van der Waals surface area contributed by atoms with Gasteiger partial charge in [-0.25, -0.2) is 0 Å². The number of furan rings is 1. The van der Waals surface area contributed by atoms with E-state index in [4.69, 9.17) is 21.1 Å². The third-order valence-corrected chi connectivity index (χ3v) is 2.96. The van der Waals surface area contributed by atoms with Gasteiger partial charge in [-0.15, -0.1) is 0 Å². The van der Waals surface area contributed by atoms with Crippen LogP contribution in [-0.2, 0) is 6.42 Å². The van der Waals surface area contributed by atoms with Crippen molar-refractivity contribution in [2.24, 2.45) is 0 Å². The summed E-state index contributed by atoms with van der Waals surface area (Å²) < 4.78 is 4.88. The van der Waals surface area contributed by atoms with Crippen molar-refractivity contribution >= 4 is 23.2 Å². The van der Waals surface area contributed by atoms with Crippen LogP contribution in [0.2, 0.25) is 5.22 Å². The van der Waals surface area contributed by atoms with Gasteiger partial charge in [-0.1, -0.05) is 12.1 Å². The highest BCUT2D eigenvalue weighted by Crippen LogP contribution is 2.19. The molecule has 0 unspecified atom stereocenters. The van der Waals surface area contributed by atoms with Crippen molar-refractivity contribution in [1.82, 2.24) is 0 Å². The quantitative estimate of drug-likeness (QED) is 0.884. The third kappa shape index (κ3) is 3.59. The number of halogens is 1. The fourth-order valence-electron chi connectivity index (χ4n) is 1.74. The Morgan fingerprint density at radius 1 is 1.37 bits per heavy atom. The molecule has 19 heavy (non-hydrogen) atoms. The van der Waals surface area contributed by atoms with E-state index in [1.165, 1.54) is 12.3 Å². The Bertz CT molecular complexity index is 565. The molecule has 2 N–H and O–H groups in total. The maximum Gasteiger partial charge on any atom is 0.260 e. The molecule has 0 saturated heterocycles. The van der Waals surface area contributed by atoms with E-state index in [0.717, 1.165) is 12.0 Å². The molecule has 100 valence electrons. The van der Waals surface area contributed by atoms with Crippen molar-refractivity contribution in [2.45, 2.75) is 12.8 Å². The van der Waals surface area contributed by atoms with Gasteiger partial charge < -0.3 is 14.8 Å². The number of nitrogens with one attached hydrogen (secondary N) is 1. The average molecular weight is 280 g/mol. The van der Waals surface area contributed by atoms with E-state index in [0.29, 0.717) is 17.7 Å². The molecule has 2 rings (SSSR count). The molecule has 0 aliphatic rings. The highest BCUT2D eigenvalue weighted by molar-refractivity contribution is 6.32. The second kappa shape index (κ2) is 6.41. The van der Waals surface area contributed by atoms with Gasteiger partial charge in [-0.3, -0.25) is 4.79 Å². The van der Waals surface area contributed by atoms with Gasteiger partial charge in [0.2, 0.25) is 5.22 Å². The van der Waals surface area contributed by atoms with Crippen molar-refractivity contribution in [3.8, 4) is 0 Å². The number of aliphatic hydroxyl groups excluding tert-OH is 1. The first-order valence-electron chi connectivity index (χ1n) is 5.95. The predicted molar refractivity (Wildman–Crippen MR) is 73.5 cm³/mol. The molecular weight excluding hydrogens is 266 g/mol. The van der Waals surface area contributed by atoms with E-state index in [9.17, 15) is 4.79 Å². The van der Waals surface area contributed by atoms with Gasteiger partial charge >= 0.3 is 0 Å². The van der Waals surface area contributed by atoms with Gasteiger partial charge in [-0.2, -0.15) is 0 Å². The van der Waals surface area contributed by atoms with Gasteiger partial charge in [0.15, 0.2) is 0 Å². The topological polar surface area (TPSA) is 62.5 Å². The smallest absolute Gasteiger partial charge is 0.260 e. The maximum absolute atomic E-state index is 11.9. The first kappa shape index (κ1) is 13.6. The van der Waals surface area contributed by atoms with Crippen LogP contribution in [0.15, 0.2) is 41.0 Å². The molecule has 1 heterocycles. The Kier molecular flexibility index (Phi) is 4.60. The van der Waals surface area contributed by atoms with Gasteiger partial charge in [-0.05, 0) is 48.2 Å². The van der Waals surface area contributed by atoms with E-state index in [-0.39, 0.29) is 17.7 Å². The summed E-state index contributed by atoms with van der Waals surface area (Å²) in [5, 5.41) is 11.6. The van der Waals surface area contributed by atoms with Gasteiger partial charge in [0.25, 0.3) is 5.91 Å². The first-order chi connectivity index (χ1) is 9.20. The minimum Gasteiger partial charge on any atom is -0.452 e. The predicted octanol–water partition coefficient (Wildman–Crippen LogP) is 3.11. The Morgan fingerprint density at radius 2 is 2.21 bits per heavy atom. The molecular formula is C14H14ClNO3. The number of anilines is 1. The van der Waals surface area contributed by atoms with Crippen LogP contribution >= 0.6 is 11.6 Å².